The van der Waals surface area contributed by atoms with Crippen molar-refractivity contribution in [2.24, 2.45) is 11.7 Å². The van der Waals surface area contributed by atoms with E-state index in [9.17, 15) is 4.79 Å². The van der Waals surface area contributed by atoms with Crippen LogP contribution in [0.4, 0.5) is 0 Å². The summed E-state index contributed by atoms with van der Waals surface area (Å²) in [5, 5.41) is 0. The highest BCUT2D eigenvalue weighted by molar-refractivity contribution is 5.94. The Hall–Kier alpha value is -2.87. The standard InChI is InChI=1S/C25H25NO/c1-17-13-18(9-10-19-14-20-5-2-3-6-21(20)15-19)11-12-24(17)22-7-4-8-23(16-22)25(26)27/h2-8,11-13,16,19H,9-10,14-15H2,1H3,(H2,26,27). The normalized spacial score (nSPS) is 13.5. The van der Waals surface area contributed by atoms with Crippen LogP contribution in [0.5, 0.6) is 0 Å². The minimum Gasteiger partial charge on any atom is -0.366 e. The number of benzene rings is 3. The number of aryl methyl sites for hydroxylation is 2. The van der Waals surface area contributed by atoms with Crippen LogP contribution in [0, 0.1) is 12.8 Å². The Balaban J connectivity index is 1.45. The van der Waals surface area contributed by atoms with Crippen LogP contribution >= 0.6 is 0 Å². The molecular formula is C25H25NO. The first kappa shape index (κ1) is 17.5. The second kappa shape index (κ2) is 7.40. The van der Waals surface area contributed by atoms with E-state index in [-0.39, 0.29) is 5.91 Å². The summed E-state index contributed by atoms with van der Waals surface area (Å²) >= 11 is 0. The first-order valence-electron chi connectivity index (χ1n) is 9.66. The van der Waals surface area contributed by atoms with Gasteiger partial charge in [-0.25, -0.2) is 0 Å². The Bertz CT molecular complexity index is 964. The maximum Gasteiger partial charge on any atom is 0.248 e. The van der Waals surface area contributed by atoms with Crippen molar-refractivity contribution in [3.63, 3.8) is 0 Å². The van der Waals surface area contributed by atoms with Crippen molar-refractivity contribution in [3.8, 4) is 11.1 Å². The number of primary amides is 1. The zero-order valence-electron chi connectivity index (χ0n) is 15.7. The topological polar surface area (TPSA) is 43.1 Å². The summed E-state index contributed by atoms with van der Waals surface area (Å²) in [6, 6.07) is 23.1. The Morgan fingerprint density at radius 2 is 1.70 bits per heavy atom. The maximum absolute atomic E-state index is 11.4. The lowest BCUT2D eigenvalue weighted by Crippen LogP contribution is -2.10. The fraction of sp³-hybridized carbons (Fsp3) is 0.240. The van der Waals surface area contributed by atoms with Crippen molar-refractivity contribution in [1.29, 1.82) is 0 Å². The lowest BCUT2D eigenvalue weighted by atomic mass is 9.93. The van der Waals surface area contributed by atoms with Gasteiger partial charge in [0.15, 0.2) is 0 Å². The van der Waals surface area contributed by atoms with Gasteiger partial charge in [0.05, 0.1) is 0 Å². The van der Waals surface area contributed by atoms with Crippen LogP contribution < -0.4 is 5.73 Å². The van der Waals surface area contributed by atoms with E-state index in [1.54, 1.807) is 6.07 Å². The van der Waals surface area contributed by atoms with Crippen LogP contribution in [0.15, 0.2) is 66.7 Å². The third-order valence-corrected chi connectivity index (χ3v) is 5.73. The lowest BCUT2D eigenvalue weighted by Gasteiger charge is -2.12. The van der Waals surface area contributed by atoms with Crippen LogP contribution in [0.2, 0.25) is 0 Å². The molecule has 0 aromatic heterocycles. The summed E-state index contributed by atoms with van der Waals surface area (Å²) < 4.78 is 0. The van der Waals surface area contributed by atoms with Gasteiger partial charge in [-0.2, -0.15) is 0 Å². The van der Waals surface area contributed by atoms with Crippen molar-refractivity contribution in [2.45, 2.75) is 32.6 Å². The number of hydrogen-bond donors (Lipinski definition) is 1. The number of nitrogens with two attached hydrogens (primary N) is 1. The molecule has 0 saturated carbocycles. The van der Waals surface area contributed by atoms with E-state index in [0.29, 0.717) is 5.56 Å². The van der Waals surface area contributed by atoms with Gasteiger partial charge in [0.1, 0.15) is 0 Å². The highest BCUT2D eigenvalue weighted by atomic mass is 16.1. The van der Waals surface area contributed by atoms with Gasteiger partial charge in [0.25, 0.3) is 0 Å². The number of amides is 1. The molecule has 2 heteroatoms. The molecule has 0 bridgehead atoms. The second-order valence-electron chi connectivity index (χ2n) is 7.68. The third-order valence-electron chi connectivity index (χ3n) is 5.73. The van der Waals surface area contributed by atoms with Crippen LogP contribution in [0.3, 0.4) is 0 Å². The van der Waals surface area contributed by atoms with Gasteiger partial charge in [0.2, 0.25) is 5.91 Å². The van der Waals surface area contributed by atoms with E-state index < -0.39 is 0 Å². The molecule has 27 heavy (non-hydrogen) atoms. The molecule has 1 amide bonds. The Labute approximate surface area is 161 Å². The minimum atomic E-state index is -0.385. The van der Waals surface area contributed by atoms with Gasteiger partial charge < -0.3 is 5.73 Å². The highest BCUT2D eigenvalue weighted by Gasteiger charge is 2.20. The smallest absolute Gasteiger partial charge is 0.248 e. The molecule has 136 valence electrons. The van der Waals surface area contributed by atoms with E-state index in [1.165, 1.54) is 41.5 Å². The zero-order valence-corrected chi connectivity index (χ0v) is 15.7. The molecule has 0 saturated heterocycles. The third kappa shape index (κ3) is 3.80. The number of carbonyl (C=O) groups is 1. The summed E-state index contributed by atoms with van der Waals surface area (Å²) in [6.07, 6.45) is 4.77. The lowest BCUT2D eigenvalue weighted by molar-refractivity contribution is 0.100. The molecule has 0 atom stereocenters. The number of hydrogen-bond acceptors (Lipinski definition) is 1. The number of rotatable bonds is 5. The van der Waals surface area contributed by atoms with Gasteiger partial charge in [-0.1, -0.05) is 54.6 Å². The SMILES string of the molecule is Cc1cc(CCC2Cc3ccccc3C2)ccc1-c1cccc(C(N)=O)c1. The number of fused-ring (bicyclic) bond motifs is 1. The fourth-order valence-electron chi connectivity index (χ4n) is 4.27. The van der Waals surface area contributed by atoms with Crippen molar-refractivity contribution < 1.29 is 4.79 Å². The van der Waals surface area contributed by atoms with Crippen molar-refractivity contribution in [2.75, 3.05) is 0 Å². The molecule has 0 radical (unpaired) electrons. The van der Waals surface area contributed by atoms with Crippen LogP contribution in [-0.4, -0.2) is 5.91 Å². The van der Waals surface area contributed by atoms with E-state index >= 15 is 0 Å². The Kier molecular flexibility index (Phi) is 4.81. The maximum atomic E-state index is 11.4. The largest absolute Gasteiger partial charge is 0.366 e. The molecule has 0 fully saturated rings. The quantitative estimate of drug-likeness (QED) is 0.679. The number of carbonyl (C=O) groups excluding carboxylic acids is 1. The van der Waals surface area contributed by atoms with Crippen LogP contribution in [0.25, 0.3) is 11.1 Å². The minimum absolute atomic E-state index is 0.385. The average Bonchev–Trinajstić information content (AvgIpc) is 3.09. The van der Waals surface area contributed by atoms with Crippen LogP contribution in [-0.2, 0) is 19.3 Å². The first-order valence-corrected chi connectivity index (χ1v) is 9.66. The summed E-state index contributed by atoms with van der Waals surface area (Å²) in [6.45, 7) is 2.14. The summed E-state index contributed by atoms with van der Waals surface area (Å²) in [5.41, 5.74) is 13.9. The summed E-state index contributed by atoms with van der Waals surface area (Å²) in [5.74, 6) is 0.373. The molecule has 0 spiro atoms. The van der Waals surface area contributed by atoms with Gasteiger partial charge in [-0.15, -0.1) is 0 Å². The monoisotopic (exact) mass is 355 g/mol. The Morgan fingerprint density at radius 3 is 2.37 bits per heavy atom. The molecule has 1 aliphatic rings. The summed E-state index contributed by atoms with van der Waals surface area (Å²) in [7, 11) is 0. The molecule has 0 heterocycles. The van der Waals surface area contributed by atoms with Crippen molar-refractivity contribution in [1.82, 2.24) is 0 Å². The molecule has 2 nitrogen and oxygen atoms in total. The highest BCUT2D eigenvalue weighted by Crippen LogP contribution is 2.30. The van der Waals surface area contributed by atoms with Crippen LogP contribution in [0.1, 0.15) is 39.0 Å². The van der Waals surface area contributed by atoms with Crippen molar-refractivity contribution in [3.05, 3.63) is 94.5 Å². The van der Waals surface area contributed by atoms with Crippen molar-refractivity contribution >= 4 is 5.91 Å². The molecule has 1 aliphatic carbocycles. The molecule has 3 aromatic rings. The summed E-state index contributed by atoms with van der Waals surface area (Å²) in [4.78, 5) is 11.4. The predicted molar refractivity (Wildman–Crippen MR) is 111 cm³/mol. The van der Waals surface area contributed by atoms with E-state index in [4.69, 9.17) is 5.73 Å². The molecular weight excluding hydrogens is 330 g/mol. The average molecular weight is 355 g/mol. The van der Waals surface area contributed by atoms with Gasteiger partial charge in [-0.05, 0) is 84.0 Å². The second-order valence-corrected chi connectivity index (χ2v) is 7.68. The first-order chi connectivity index (χ1) is 13.1. The molecule has 0 aliphatic heterocycles. The van der Waals surface area contributed by atoms with E-state index in [1.807, 2.05) is 18.2 Å². The Morgan fingerprint density at radius 1 is 0.963 bits per heavy atom. The van der Waals surface area contributed by atoms with E-state index in [2.05, 4.69) is 49.4 Å². The van der Waals surface area contributed by atoms with E-state index in [0.717, 1.165) is 23.5 Å². The molecule has 0 unspecified atom stereocenters. The fourth-order valence-corrected chi connectivity index (χ4v) is 4.27. The molecule has 4 rings (SSSR count). The molecule has 3 aromatic carbocycles. The van der Waals surface area contributed by atoms with Gasteiger partial charge >= 0.3 is 0 Å². The predicted octanol–water partition coefficient (Wildman–Crippen LogP) is 5.11. The van der Waals surface area contributed by atoms with Gasteiger partial charge in [0, 0.05) is 5.56 Å². The zero-order chi connectivity index (χ0) is 18.8. The van der Waals surface area contributed by atoms with Gasteiger partial charge in [-0.3, -0.25) is 4.79 Å². The molecule has 2 N–H and O–H groups in total.